The van der Waals surface area contributed by atoms with Crippen LogP contribution < -0.4 is 14.8 Å². The first-order valence-electron chi connectivity index (χ1n) is 8.43. The van der Waals surface area contributed by atoms with Gasteiger partial charge < -0.3 is 19.4 Å². The van der Waals surface area contributed by atoms with Crippen molar-refractivity contribution in [3.8, 4) is 11.5 Å². The molecule has 0 unspecified atom stereocenters. The Labute approximate surface area is 149 Å². The maximum absolute atomic E-state index is 12.4. The summed E-state index contributed by atoms with van der Waals surface area (Å²) < 4.78 is 12.5. The van der Waals surface area contributed by atoms with Gasteiger partial charge in [-0.25, -0.2) is 4.98 Å². The second kappa shape index (κ2) is 8.55. The van der Waals surface area contributed by atoms with Crippen LogP contribution in [0.5, 0.6) is 11.5 Å². The van der Waals surface area contributed by atoms with Gasteiger partial charge in [0.15, 0.2) is 11.5 Å². The Bertz CT molecular complexity index is 710. The molecule has 1 N–H and O–H groups in total. The Hall–Kier alpha value is -2.50. The van der Waals surface area contributed by atoms with Gasteiger partial charge in [-0.3, -0.25) is 4.79 Å². The van der Waals surface area contributed by atoms with Crippen LogP contribution in [0.1, 0.15) is 37.7 Å². The number of carbonyl (C=O) groups is 1. The summed E-state index contributed by atoms with van der Waals surface area (Å²) in [5.74, 6) is 2.50. The Kier molecular flexibility index (Phi) is 6.44. The van der Waals surface area contributed by atoms with Crippen LogP contribution in [0.15, 0.2) is 30.6 Å². The minimum absolute atomic E-state index is 0.0106. The lowest BCUT2D eigenvalue weighted by molar-refractivity contribution is -0.122. The number of aromatic nitrogens is 2. The normalized spacial score (nSPS) is 12.1. The Morgan fingerprint density at radius 3 is 2.52 bits per heavy atom. The average Bonchev–Trinajstić information content (AvgIpc) is 3.02. The molecule has 0 fully saturated rings. The summed E-state index contributed by atoms with van der Waals surface area (Å²) in [5.41, 5.74) is 1.03. The zero-order valence-electron chi connectivity index (χ0n) is 15.6. The quantitative estimate of drug-likeness (QED) is 0.799. The molecule has 6 heteroatoms. The Morgan fingerprint density at radius 1 is 1.24 bits per heavy atom. The summed E-state index contributed by atoms with van der Waals surface area (Å²) in [6.45, 7) is 4.15. The largest absolute Gasteiger partial charge is 0.493 e. The van der Waals surface area contributed by atoms with Gasteiger partial charge in [-0.15, -0.1) is 0 Å². The number of nitrogens with one attached hydrogen (secondary N) is 1. The molecule has 0 saturated heterocycles. The van der Waals surface area contributed by atoms with Crippen molar-refractivity contribution < 1.29 is 14.3 Å². The molecular formula is C19H27N3O3. The third-order valence-electron chi connectivity index (χ3n) is 4.21. The molecule has 0 aliphatic heterocycles. The number of aryl methyl sites for hydroxylation is 2. The van der Waals surface area contributed by atoms with E-state index in [1.165, 1.54) is 0 Å². The van der Waals surface area contributed by atoms with Crippen LogP contribution in [0.2, 0.25) is 0 Å². The van der Waals surface area contributed by atoms with E-state index < -0.39 is 0 Å². The summed E-state index contributed by atoms with van der Waals surface area (Å²) in [5, 5.41) is 3.10. The molecule has 1 amide bonds. The number of amides is 1. The Balaban J connectivity index is 1.99. The molecule has 136 valence electrons. The summed E-state index contributed by atoms with van der Waals surface area (Å²) in [6, 6.07) is 5.62. The third-order valence-corrected chi connectivity index (χ3v) is 4.21. The molecule has 2 aromatic rings. The van der Waals surface area contributed by atoms with Crippen LogP contribution in [0.25, 0.3) is 0 Å². The Morgan fingerprint density at radius 2 is 1.96 bits per heavy atom. The molecule has 0 radical (unpaired) electrons. The molecule has 0 aliphatic rings. The van der Waals surface area contributed by atoms with Gasteiger partial charge in [0.2, 0.25) is 5.91 Å². The lowest BCUT2D eigenvalue weighted by Gasteiger charge is -2.22. The summed E-state index contributed by atoms with van der Waals surface area (Å²) in [6.07, 6.45) is 4.68. The van der Waals surface area contributed by atoms with Crippen molar-refractivity contribution in [3.05, 3.63) is 42.0 Å². The SMILES string of the molecule is COc1ccc(CCC(=O)N[C@H](c2nccn2C)C(C)C)cc1OC. The van der Waals surface area contributed by atoms with E-state index in [0.29, 0.717) is 24.3 Å². The summed E-state index contributed by atoms with van der Waals surface area (Å²) >= 11 is 0. The summed E-state index contributed by atoms with van der Waals surface area (Å²) in [4.78, 5) is 16.8. The second-order valence-corrected chi connectivity index (χ2v) is 6.37. The molecule has 1 heterocycles. The lowest BCUT2D eigenvalue weighted by atomic mass is 10.0. The molecule has 1 atom stereocenters. The maximum atomic E-state index is 12.4. The van der Waals surface area contributed by atoms with Crippen molar-refractivity contribution in [1.29, 1.82) is 0 Å². The number of hydrogen-bond donors (Lipinski definition) is 1. The predicted octanol–water partition coefficient (Wildman–Crippen LogP) is 2.88. The van der Waals surface area contributed by atoms with Crippen LogP contribution in [0.4, 0.5) is 0 Å². The molecular weight excluding hydrogens is 318 g/mol. The van der Waals surface area contributed by atoms with Crippen molar-refractivity contribution in [2.75, 3.05) is 14.2 Å². The standard InChI is InChI=1S/C19H27N3O3/c1-13(2)18(19-20-10-11-22(19)3)21-17(23)9-7-14-6-8-15(24-4)16(12-14)25-5/h6,8,10-13,18H,7,9H2,1-5H3,(H,21,23)/t18-/m0/s1. The van der Waals surface area contributed by atoms with Crippen LogP contribution in [-0.4, -0.2) is 29.7 Å². The highest BCUT2D eigenvalue weighted by atomic mass is 16.5. The van der Waals surface area contributed by atoms with Crippen molar-refractivity contribution in [1.82, 2.24) is 14.9 Å². The summed E-state index contributed by atoms with van der Waals surface area (Å²) in [7, 11) is 5.15. The van der Waals surface area contributed by atoms with Gasteiger partial charge in [0.05, 0.1) is 20.3 Å². The predicted molar refractivity (Wildman–Crippen MR) is 96.8 cm³/mol. The maximum Gasteiger partial charge on any atom is 0.220 e. The molecule has 25 heavy (non-hydrogen) atoms. The second-order valence-electron chi connectivity index (χ2n) is 6.37. The zero-order valence-corrected chi connectivity index (χ0v) is 15.6. The molecule has 0 saturated carbocycles. The highest BCUT2D eigenvalue weighted by Gasteiger charge is 2.21. The topological polar surface area (TPSA) is 65.4 Å². The minimum Gasteiger partial charge on any atom is -0.493 e. The first-order valence-corrected chi connectivity index (χ1v) is 8.43. The minimum atomic E-state index is -0.0992. The van der Waals surface area contributed by atoms with Crippen molar-refractivity contribution in [3.63, 3.8) is 0 Å². The van der Waals surface area contributed by atoms with E-state index in [0.717, 1.165) is 11.4 Å². The molecule has 0 spiro atoms. The van der Waals surface area contributed by atoms with Crippen LogP contribution in [0.3, 0.4) is 0 Å². The van der Waals surface area contributed by atoms with Crippen molar-refractivity contribution in [2.24, 2.45) is 13.0 Å². The number of carbonyl (C=O) groups excluding carboxylic acids is 1. The third kappa shape index (κ3) is 4.75. The van der Waals surface area contributed by atoms with E-state index in [1.807, 2.05) is 36.0 Å². The van der Waals surface area contributed by atoms with Gasteiger partial charge in [-0.05, 0) is 30.0 Å². The molecule has 0 bridgehead atoms. The highest BCUT2D eigenvalue weighted by Crippen LogP contribution is 2.28. The number of benzene rings is 1. The fourth-order valence-corrected chi connectivity index (χ4v) is 2.75. The van der Waals surface area contributed by atoms with E-state index in [4.69, 9.17) is 9.47 Å². The number of methoxy groups -OCH3 is 2. The first-order chi connectivity index (χ1) is 12.0. The van der Waals surface area contributed by atoms with Gasteiger partial charge in [0.25, 0.3) is 0 Å². The van der Waals surface area contributed by atoms with Gasteiger partial charge in [0.1, 0.15) is 5.82 Å². The van der Waals surface area contributed by atoms with Gasteiger partial charge in [-0.1, -0.05) is 19.9 Å². The van der Waals surface area contributed by atoms with Crippen LogP contribution in [0, 0.1) is 5.92 Å². The molecule has 1 aromatic heterocycles. The van der Waals surface area contributed by atoms with Crippen LogP contribution >= 0.6 is 0 Å². The molecule has 1 aromatic carbocycles. The number of nitrogens with zero attached hydrogens (tertiary/aromatic N) is 2. The lowest BCUT2D eigenvalue weighted by Crippen LogP contribution is -2.33. The number of hydrogen-bond acceptors (Lipinski definition) is 4. The molecule has 2 rings (SSSR count). The monoisotopic (exact) mass is 345 g/mol. The fraction of sp³-hybridized carbons (Fsp3) is 0.474. The van der Waals surface area contributed by atoms with Crippen molar-refractivity contribution in [2.45, 2.75) is 32.7 Å². The molecule has 0 aliphatic carbocycles. The van der Waals surface area contributed by atoms with E-state index in [1.54, 1.807) is 20.4 Å². The van der Waals surface area contributed by atoms with E-state index in [2.05, 4.69) is 24.1 Å². The first kappa shape index (κ1) is 18.8. The van der Waals surface area contributed by atoms with Crippen LogP contribution in [-0.2, 0) is 18.3 Å². The van der Waals surface area contributed by atoms with Gasteiger partial charge in [-0.2, -0.15) is 0 Å². The van der Waals surface area contributed by atoms with Gasteiger partial charge in [0, 0.05) is 25.9 Å². The molecule has 6 nitrogen and oxygen atoms in total. The van der Waals surface area contributed by atoms with E-state index >= 15 is 0 Å². The number of rotatable bonds is 8. The highest BCUT2D eigenvalue weighted by molar-refractivity contribution is 5.76. The smallest absolute Gasteiger partial charge is 0.220 e. The zero-order chi connectivity index (χ0) is 18.4. The number of ether oxygens (including phenoxy) is 2. The fourth-order valence-electron chi connectivity index (χ4n) is 2.75. The number of imidazole rings is 1. The van der Waals surface area contributed by atoms with Gasteiger partial charge >= 0.3 is 0 Å². The average molecular weight is 345 g/mol. The van der Waals surface area contributed by atoms with Crippen molar-refractivity contribution >= 4 is 5.91 Å². The van der Waals surface area contributed by atoms with E-state index in [-0.39, 0.29) is 17.9 Å². The van der Waals surface area contributed by atoms with E-state index in [9.17, 15) is 4.79 Å².